The summed E-state index contributed by atoms with van der Waals surface area (Å²) in [5.41, 5.74) is 3.59. The Kier molecular flexibility index (Phi) is 7.50. The molecule has 1 unspecified atom stereocenters. The summed E-state index contributed by atoms with van der Waals surface area (Å²) >= 11 is 0. The van der Waals surface area contributed by atoms with Crippen LogP contribution in [0, 0.1) is 19.8 Å². The molecule has 0 bridgehead atoms. The van der Waals surface area contributed by atoms with Crippen molar-refractivity contribution in [2.75, 3.05) is 6.54 Å². The molecule has 1 heterocycles. The molecule has 0 spiro atoms. The lowest BCUT2D eigenvalue weighted by atomic mass is 9.88. The number of carbonyl (C=O) groups excluding carboxylic acids is 1. The summed E-state index contributed by atoms with van der Waals surface area (Å²) in [5.74, 6) is 0.931. The van der Waals surface area contributed by atoms with Crippen LogP contribution in [-0.4, -0.2) is 26.9 Å². The van der Waals surface area contributed by atoms with E-state index in [4.69, 9.17) is 4.98 Å². The molecule has 180 valence electrons. The van der Waals surface area contributed by atoms with Crippen molar-refractivity contribution < 1.29 is 4.79 Å². The first-order chi connectivity index (χ1) is 16.4. The minimum absolute atomic E-state index is 0.0785. The molecule has 1 saturated carbocycles. The second kappa shape index (κ2) is 10.5. The molecule has 1 aliphatic rings. The van der Waals surface area contributed by atoms with E-state index in [1.807, 2.05) is 55.1 Å². The van der Waals surface area contributed by atoms with Crippen molar-refractivity contribution in [3.05, 3.63) is 69.8 Å². The van der Waals surface area contributed by atoms with Gasteiger partial charge in [-0.3, -0.25) is 14.2 Å². The van der Waals surface area contributed by atoms with Crippen LogP contribution in [0.4, 0.5) is 0 Å². The van der Waals surface area contributed by atoms with Crippen LogP contribution >= 0.6 is 0 Å². The van der Waals surface area contributed by atoms with Crippen molar-refractivity contribution in [1.82, 2.24) is 14.5 Å². The Hall–Kier alpha value is -2.95. The highest BCUT2D eigenvalue weighted by atomic mass is 16.2. The first-order valence-electron chi connectivity index (χ1n) is 12.8. The van der Waals surface area contributed by atoms with Gasteiger partial charge in [0.1, 0.15) is 5.82 Å². The Labute approximate surface area is 202 Å². The van der Waals surface area contributed by atoms with Crippen molar-refractivity contribution in [3.8, 4) is 5.69 Å². The van der Waals surface area contributed by atoms with Crippen molar-refractivity contribution in [3.63, 3.8) is 0 Å². The summed E-state index contributed by atoms with van der Waals surface area (Å²) < 4.78 is 1.74. The van der Waals surface area contributed by atoms with Gasteiger partial charge in [-0.2, -0.15) is 0 Å². The van der Waals surface area contributed by atoms with Crippen LogP contribution in [0.5, 0.6) is 0 Å². The van der Waals surface area contributed by atoms with Crippen LogP contribution in [0.2, 0.25) is 0 Å². The van der Waals surface area contributed by atoms with Crippen LogP contribution in [0.1, 0.15) is 81.8 Å². The number of amides is 1. The topological polar surface area (TPSA) is 55.2 Å². The van der Waals surface area contributed by atoms with Gasteiger partial charge < -0.3 is 4.90 Å². The molecule has 0 saturated heterocycles. The number of rotatable bonds is 7. The van der Waals surface area contributed by atoms with E-state index >= 15 is 0 Å². The quantitative estimate of drug-likeness (QED) is 0.418. The van der Waals surface area contributed by atoms with E-state index < -0.39 is 0 Å². The van der Waals surface area contributed by atoms with Gasteiger partial charge in [-0.1, -0.05) is 62.4 Å². The molecule has 1 fully saturated rings. The van der Waals surface area contributed by atoms with Crippen molar-refractivity contribution in [1.29, 1.82) is 0 Å². The Balaban J connectivity index is 1.88. The summed E-state index contributed by atoms with van der Waals surface area (Å²) in [6, 6.07) is 13.3. The van der Waals surface area contributed by atoms with Crippen LogP contribution in [0.25, 0.3) is 16.6 Å². The second-order valence-corrected chi connectivity index (χ2v) is 9.81. The number of unbranched alkanes of at least 4 members (excludes halogenated alkanes) is 1. The lowest BCUT2D eigenvalue weighted by molar-refractivity contribution is -0.139. The van der Waals surface area contributed by atoms with Crippen molar-refractivity contribution >= 4 is 16.8 Å². The average Bonchev–Trinajstić information content (AvgIpc) is 2.85. The zero-order chi connectivity index (χ0) is 24.2. The highest BCUT2D eigenvalue weighted by Gasteiger charge is 2.31. The smallest absolute Gasteiger partial charge is 0.266 e. The fourth-order valence-corrected chi connectivity index (χ4v) is 5.27. The third-order valence-electron chi connectivity index (χ3n) is 7.23. The Morgan fingerprint density at radius 2 is 1.85 bits per heavy atom. The number of para-hydroxylation sites is 1. The summed E-state index contributed by atoms with van der Waals surface area (Å²) in [6.45, 7) is 8.95. The highest BCUT2D eigenvalue weighted by molar-refractivity contribution is 5.80. The summed E-state index contributed by atoms with van der Waals surface area (Å²) in [5, 5.41) is 0.595. The van der Waals surface area contributed by atoms with E-state index in [-0.39, 0.29) is 23.4 Å². The molecule has 0 radical (unpaired) electrons. The van der Waals surface area contributed by atoms with Crippen LogP contribution < -0.4 is 5.56 Å². The lowest BCUT2D eigenvalue weighted by Crippen LogP contribution is -2.41. The Morgan fingerprint density at radius 1 is 1.12 bits per heavy atom. The average molecular weight is 460 g/mol. The number of hydrogen-bond acceptors (Lipinski definition) is 3. The van der Waals surface area contributed by atoms with E-state index in [1.165, 1.54) is 6.42 Å². The molecule has 1 aliphatic carbocycles. The van der Waals surface area contributed by atoms with Gasteiger partial charge in [-0.15, -0.1) is 0 Å². The van der Waals surface area contributed by atoms with Gasteiger partial charge in [0.2, 0.25) is 5.91 Å². The zero-order valence-electron chi connectivity index (χ0n) is 21.0. The largest absolute Gasteiger partial charge is 0.333 e. The predicted molar refractivity (Wildman–Crippen MR) is 138 cm³/mol. The molecule has 1 aromatic heterocycles. The number of carbonyl (C=O) groups is 1. The van der Waals surface area contributed by atoms with E-state index in [0.717, 1.165) is 55.3 Å². The molecule has 4 rings (SSSR count). The van der Waals surface area contributed by atoms with Crippen LogP contribution in [-0.2, 0) is 4.79 Å². The first kappa shape index (κ1) is 24.2. The van der Waals surface area contributed by atoms with Crippen molar-refractivity contribution in [2.45, 2.75) is 78.7 Å². The lowest BCUT2D eigenvalue weighted by Gasteiger charge is -2.34. The fourth-order valence-electron chi connectivity index (χ4n) is 5.27. The molecular weight excluding hydrogens is 422 g/mol. The van der Waals surface area contributed by atoms with Gasteiger partial charge in [0.15, 0.2) is 0 Å². The minimum Gasteiger partial charge on any atom is -0.333 e. The summed E-state index contributed by atoms with van der Waals surface area (Å²) in [7, 11) is 0. The normalized spacial score (nSPS) is 15.4. The van der Waals surface area contributed by atoms with Gasteiger partial charge in [0.25, 0.3) is 5.56 Å². The molecule has 2 aromatic carbocycles. The van der Waals surface area contributed by atoms with Gasteiger partial charge in [-0.25, -0.2) is 4.98 Å². The van der Waals surface area contributed by atoms with E-state index in [0.29, 0.717) is 23.3 Å². The molecule has 5 nitrogen and oxygen atoms in total. The summed E-state index contributed by atoms with van der Waals surface area (Å²) in [4.78, 5) is 34.6. The van der Waals surface area contributed by atoms with E-state index in [1.54, 1.807) is 4.57 Å². The second-order valence-electron chi connectivity index (χ2n) is 9.81. The van der Waals surface area contributed by atoms with E-state index in [9.17, 15) is 9.59 Å². The number of fused-ring (bicyclic) bond motifs is 1. The third kappa shape index (κ3) is 4.79. The van der Waals surface area contributed by atoms with E-state index in [2.05, 4.69) is 19.9 Å². The summed E-state index contributed by atoms with van der Waals surface area (Å²) in [6.07, 6.45) is 7.32. The molecule has 34 heavy (non-hydrogen) atoms. The first-order valence-corrected chi connectivity index (χ1v) is 12.8. The maximum absolute atomic E-state index is 13.8. The molecule has 3 aromatic rings. The third-order valence-corrected chi connectivity index (χ3v) is 7.23. The maximum Gasteiger partial charge on any atom is 0.266 e. The standard InChI is InChI=1S/C29H37N3O2/c1-5-6-18-31(28(33)23-12-8-7-9-13-23)22(4)27-30-25-15-11-10-14-24(25)29(34)32(27)26-17-16-20(2)19-21(26)3/h10-11,14-17,19,22-23H,5-9,12-13,18H2,1-4H3. The minimum atomic E-state index is -0.306. The predicted octanol–water partition coefficient (Wildman–Crippen LogP) is 6.27. The number of aryl methyl sites for hydroxylation is 2. The van der Waals surface area contributed by atoms with Crippen molar-refractivity contribution in [2.24, 2.45) is 5.92 Å². The van der Waals surface area contributed by atoms with Gasteiger partial charge in [0, 0.05) is 12.5 Å². The SMILES string of the molecule is CCCCN(C(=O)C1CCCCC1)C(C)c1nc2ccccc2c(=O)n1-c1ccc(C)cc1C. The number of hydrogen-bond donors (Lipinski definition) is 0. The molecule has 0 aliphatic heterocycles. The molecule has 5 heteroatoms. The Bertz CT molecular complexity index is 1220. The molecule has 1 atom stereocenters. The fraction of sp³-hybridized carbons (Fsp3) is 0.483. The van der Waals surface area contributed by atoms with Gasteiger partial charge in [-0.05, 0) is 63.8 Å². The maximum atomic E-state index is 13.8. The van der Waals surface area contributed by atoms with Crippen LogP contribution in [0.15, 0.2) is 47.3 Å². The van der Waals surface area contributed by atoms with Crippen LogP contribution in [0.3, 0.4) is 0 Å². The number of nitrogens with zero attached hydrogens (tertiary/aromatic N) is 3. The molecular formula is C29H37N3O2. The van der Waals surface area contributed by atoms with Gasteiger partial charge >= 0.3 is 0 Å². The molecule has 1 amide bonds. The zero-order valence-corrected chi connectivity index (χ0v) is 21.0. The monoisotopic (exact) mass is 459 g/mol. The highest BCUT2D eigenvalue weighted by Crippen LogP contribution is 2.30. The van der Waals surface area contributed by atoms with Gasteiger partial charge in [0.05, 0.1) is 22.6 Å². The number of aromatic nitrogens is 2. The number of benzene rings is 2. The molecule has 0 N–H and O–H groups in total. The Morgan fingerprint density at radius 3 is 2.56 bits per heavy atom.